The van der Waals surface area contributed by atoms with Gasteiger partial charge in [-0.2, -0.15) is 0 Å². The molecule has 0 bridgehead atoms. The molecule has 1 heterocycles. The second-order valence-corrected chi connectivity index (χ2v) is 5.15. The van der Waals surface area contributed by atoms with E-state index in [2.05, 4.69) is 62.2 Å². The normalized spacial score (nSPS) is 12.4. The maximum absolute atomic E-state index is 4.31. The lowest BCUT2D eigenvalue weighted by atomic mass is 9.95. The molecule has 1 nitrogen and oxygen atoms in total. The highest BCUT2D eigenvalue weighted by atomic mass is 14.6. The molecule has 0 aliphatic rings. The molecule has 2 rings (SSSR count). The number of hydrogen-bond donors (Lipinski definition) is 0. The fourth-order valence-corrected chi connectivity index (χ4v) is 1.54. The van der Waals surface area contributed by atoms with Crippen molar-refractivity contribution >= 4 is 17.0 Å². The minimum atomic E-state index is 0.226. The third kappa shape index (κ3) is 2.69. The molecule has 0 spiro atoms. The van der Waals surface area contributed by atoms with Gasteiger partial charge in [0, 0.05) is 11.6 Å². The highest BCUT2D eigenvalue weighted by Crippen LogP contribution is 2.19. The van der Waals surface area contributed by atoms with Crippen LogP contribution in [-0.2, 0) is 0 Å². The van der Waals surface area contributed by atoms with Gasteiger partial charge in [0.05, 0.1) is 5.52 Å². The van der Waals surface area contributed by atoms with Crippen molar-refractivity contribution < 1.29 is 0 Å². The van der Waals surface area contributed by atoms with E-state index < -0.39 is 0 Å². The van der Waals surface area contributed by atoms with Gasteiger partial charge in [-0.05, 0) is 29.2 Å². The molecule has 1 aromatic carbocycles. The van der Waals surface area contributed by atoms with Crippen molar-refractivity contribution in [3.63, 3.8) is 0 Å². The van der Waals surface area contributed by atoms with E-state index in [0.717, 1.165) is 5.52 Å². The van der Waals surface area contributed by atoms with E-state index in [0.29, 0.717) is 0 Å². The molecule has 2 aromatic rings. The molecule has 1 heteroatoms. The summed E-state index contributed by atoms with van der Waals surface area (Å²) in [5.74, 6) is 0. The number of rotatable bonds is 1. The number of fused-ring (bicyclic) bond motifs is 1. The Morgan fingerprint density at radius 3 is 2.69 bits per heavy atom. The summed E-state index contributed by atoms with van der Waals surface area (Å²) in [4.78, 5) is 4.31. The second kappa shape index (κ2) is 4.09. The quantitative estimate of drug-likeness (QED) is 0.685. The first-order valence-corrected chi connectivity index (χ1v) is 5.59. The van der Waals surface area contributed by atoms with Gasteiger partial charge in [0.25, 0.3) is 0 Å². The van der Waals surface area contributed by atoms with Gasteiger partial charge in [0.1, 0.15) is 0 Å². The minimum absolute atomic E-state index is 0.226. The Morgan fingerprint density at radius 2 is 1.94 bits per heavy atom. The molecule has 0 amide bonds. The average Bonchev–Trinajstić information content (AvgIpc) is 2.25. The van der Waals surface area contributed by atoms with Gasteiger partial charge in [-0.3, -0.25) is 4.98 Å². The molecular weight excluding hydrogens is 194 g/mol. The topological polar surface area (TPSA) is 12.9 Å². The molecule has 0 aliphatic carbocycles. The molecular formula is C15H17N. The lowest BCUT2D eigenvalue weighted by Gasteiger charge is -2.11. The first-order chi connectivity index (χ1) is 7.54. The molecule has 0 fully saturated rings. The van der Waals surface area contributed by atoms with Crippen LogP contribution in [0.5, 0.6) is 0 Å². The van der Waals surface area contributed by atoms with E-state index in [1.165, 1.54) is 10.9 Å². The van der Waals surface area contributed by atoms with Crippen molar-refractivity contribution in [2.75, 3.05) is 0 Å². The smallest absolute Gasteiger partial charge is 0.0702 e. The van der Waals surface area contributed by atoms with Crippen LogP contribution in [0.15, 0.2) is 42.6 Å². The van der Waals surface area contributed by atoms with Crippen LogP contribution in [0, 0.1) is 5.41 Å². The number of hydrogen-bond acceptors (Lipinski definition) is 1. The van der Waals surface area contributed by atoms with Crippen LogP contribution in [0.2, 0.25) is 0 Å². The number of allylic oxidation sites excluding steroid dienone is 1. The van der Waals surface area contributed by atoms with Crippen molar-refractivity contribution in [1.29, 1.82) is 0 Å². The Labute approximate surface area is 96.8 Å². The first-order valence-electron chi connectivity index (χ1n) is 5.59. The van der Waals surface area contributed by atoms with Crippen LogP contribution in [0.25, 0.3) is 17.0 Å². The molecule has 0 unspecified atom stereocenters. The van der Waals surface area contributed by atoms with Crippen LogP contribution in [0.3, 0.4) is 0 Å². The number of pyridine rings is 1. The first kappa shape index (κ1) is 10.9. The number of nitrogens with zero attached hydrogens (tertiary/aromatic N) is 1. The Hall–Kier alpha value is -1.63. The lowest BCUT2D eigenvalue weighted by molar-refractivity contribution is 0.547. The third-order valence-corrected chi connectivity index (χ3v) is 2.40. The van der Waals surface area contributed by atoms with Gasteiger partial charge in [-0.15, -0.1) is 0 Å². The Balaban J connectivity index is 2.37. The molecule has 0 saturated carbocycles. The highest BCUT2D eigenvalue weighted by Gasteiger charge is 2.03. The molecule has 82 valence electrons. The van der Waals surface area contributed by atoms with Crippen LogP contribution in [0.1, 0.15) is 26.3 Å². The van der Waals surface area contributed by atoms with Crippen molar-refractivity contribution in [1.82, 2.24) is 4.98 Å². The fourth-order valence-electron chi connectivity index (χ4n) is 1.54. The average molecular weight is 211 g/mol. The summed E-state index contributed by atoms with van der Waals surface area (Å²) in [7, 11) is 0. The van der Waals surface area contributed by atoms with E-state index in [9.17, 15) is 0 Å². The summed E-state index contributed by atoms with van der Waals surface area (Å²) in [5, 5.41) is 1.19. The highest BCUT2D eigenvalue weighted by molar-refractivity contribution is 5.81. The Morgan fingerprint density at radius 1 is 1.12 bits per heavy atom. The van der Waals surface area contributed by atoms with E-state index in [4.69, 9.17) is 0 Å². The van der Waals surface area contributed by atoms with Crippen molar-refractivity contribution in [2.24, 2.45) is 5.41 Å². The fraction of sp³-hybridized carbons (Fsp3) is 0.267. The SMILES string of the molecule is CC(C)(C)/C=C/c1ccc2ncccc2c1. The molecule has 0 radical (unpaired) electrons. The predicted octanol–water partition coefficient (Wildman–Crippen LogP) is 4.29. The largest absolute Gasteiger partial charge is 0.256 e. The van der Waals surface area contributed by atoms with Gasteiger partial charge >= 0.3 is 0 Å². The maximum atomic E-state index is 4.31. The molecule has 1 aromatic heterocycles. The van der Waals surface area contributed by atoms with E-state index >= 15 is 0 Å². The van der Waals surface area contributed by atoms with E-state index in [-0.39, 0.29) is 5.41 Å². The summed E-state index contributed by atoms with van der Waals surface area (Å²) < 4.78 is 0. The molecule has 16 heavy (non-hydrogen) atoms. The summed E-state index contributed by atoms with van der Waals surface area (Å²) >= 11 is 0. The molecule has 0 aliphatic heterocycles. The zero-order valence-corrected chi connectivity index (χ0v) is 10.1. The predicted molar refractivity (Wildman–Crippen MR) is 70.2 cm³/mol. The van der Waals surface area contributed by atoms with Gasteiger partial charge in [0.15, 0.2) is 0 Å². The molecule has 0 N–H and O–H groups in total. The Kier molecular flexibility index (Phi) is 2.78. The van der Waals surface area contributed by atoms with Crippen molar-refractivity contribution in [3.05, 3.63) is 48.2 Å². The monoisotopic (exact) mass is 211 g/mol. The third-order valence-electron chi connectivity index (χ3n) is 2.40. The molecule has 0 saturated heterocycles. The summed E-state index contributed by atoms with van der Waals surface area (Å²) in [6.45, 7) is 6.60. The van der Waals surface area contributed by atoms with Crippen LogP contribution in [-0.4, -0.2) is 4.98 Å². The van der Waals surface area contributed by atoms with Crippen molar-refractivity contribution in [3.8, 4) is 0 Å². The maximum Gasteiger partial charge on any atom is 0.0702 e. The van der Waals surface area contributed by atoms with Gasteiger partial charge < -0.3 is 0 Å². The van der Waals surface area contributed by atoms with Crippen LogP contribution in [0.4, 0.5) is 0 Å². The van der Waals surface area contributed by atoms with Crippen LogP contribution >= 0.6 is 0 Å². The van der Waals surface area contributed by atoms with Crippen LogP contribution < -0.4 is 0 Å². The Bertz CT molecular complexity index is 518. The van der Waals surface area contributed by atoms with Gasteiger partial charge in [0.2, 0.25) is 0 Å². The van der Waals surface area contributed by atoms with Gasteiger partial charge in [-0.1, -0.05) is 45.1 Å². The second-order valence-electron chi connectivity index (χ2n) is 5.15. The summed E-state index contributed by atoms with van der Waals surface area (Å²) in [6, 6.07) is 10.4. The number of benzene rings is 1. The van der Waals surface area contributed by atoms with Gasteiger partial charge in [-0.25, -0.2) is 0 Å². The van der Waals surface area contributed by atoms with Crippen molar-refractivity contribution in [2.45, 2.75) is 20.8 Å². The lowest BCUT2D eigenvalue weighted by Crippen LogP contribution is -1.97. The zero-order valence-electron chi connectivity index (χ0n) is 10.1. The number of aromatic nitrogens is 1. The standard InChI is InChI=1S/C15H17N/c1-15(2,3)9-8-12-6-7-14-13(11-12)5-4-10-16-14/h4-11H,1-3H3/b9-8+. The summed E-state index contributed by atoms with van der Waals surface area (Å²) in [6.07, 6.45) is 6.23. The molecule has 0 atom stereocenters. The van der Waals surface area contributed by atoms with E-state index in [1.54, 1.807) is 0 Å². The zero-order chi connectivity index (χ0) is 11.6. The van der Waals surface area contributed by atoms with E-state index in [1.807, 2.05) is 12.3 Å². The summed E-state index contributed by atoms with van der Waals surface area (Å²) in [5.41, 5.74) is 2.51. The minimum Gasteiger partial charge on any atom is -0.256 e.